The average molecular weight is 332 g/mol. The summed E-state index contributed by atoms with van der Waals surface area (Å²) in [6.45, 7) is -0.110. The van der Waals surface area contributed by atoms with Crippen LogP contribution in [-0.4, -0.2) is 17.5 Å². The number of halogens is 1. The molecule has 0 atom stereocenters. The summed E-state index contributed by atoms with van der Waals surface area (Å²) >= 11 is 3.29. The third-order valence-corrected chi connectivity index (χ3v) is 3.03. The lowest BCUT2D eigenvalue weighted by Gasteiger charge is -2.08. The maximum absolute atomic E-state index is 11.7. The minimum absolute atomic E-state index is 0.110. The molecule has 1 aromatic carbocycles. The summed E-state index contributed by atoms with van der Waals surface area (Å²) in [5.41, 5.74) is 1.18. The minimum Gasteiger partial charge on any atom is -0.484 e. The number of aromatic nitrogens is 1. The van der Waals surface area contributed by atoms with Crippen molar-refractivity contribution >= 4 is 27.5 Å². The molecule has 0 fully saturated rings. The Morgan fingerprint density at radius 2 is 2.10 bits per heavy atom. The molecule has 5 nitrogen and oxygen atoms in total. The molecule has 0 radical (unpaired) electrons. The highest BCUT2D eigenvalue weighted by Gasteiger charge is 2.06. The van der Waals surface area contributed by atoms with Gasteiger partial charge in [0, 0.05) is 12.4 Å². The highest BCUT2D eigenvalue weighted by atomic mass is 79.9. The van der Waals surface area contributed by atoms with E-state index in [0.29, 0.717) is 21.5 Å². The molecule has 1 aromatic heterocycles. The molecule has 1 N–H and O–H groups in total. The van der Waals surface area contributed by atoms with E-state index in [0.717, 1.165) is 0 Å². The van der Waals surface area contributed by atoms with Crippen LogP contribution in [0.5, 0.6) is 5.75 Å². The number of amides is 1. The van der Waals surface area contributed by atoms with E-state index in [-0.39, 0.29) is 12.5 Å². The third-order valence-electron chi connectivity index (χ3n) is 2.40. The number of ether oxygens (including phenoxy) is 1. The largest absolute Gasteiger partial charge is 0.484 e. The first-order chi connectivity index (χ1) is 9.69. The summed E-state index contributed by atoms with van der Waals surface area (Å²) in [5, 5.41) is 11.4. The minimum atomic E-state index is -0.277. The third kappa shape index (κ3) is 3.80. The fraction of sp³-hybridized carbons (Fsp3) is 0.0714. The molecule has 0 saturated carbocycles. The van der Waals surface area contributed by atoms with Crippen LogP contribution in [-0.2, 0) is 4.79 Å². The second kappa shape index (κ2) is 6.68. The Bertz CT molecular complexity index is 650. The van der Waals surface area contributed by atoms with E-state index in [1.165, 1.54) is 0 Å². The highest BCUT2D eigenvalue weighted by Crippen LogP contribution is 2.19. The van der Waals surface area contributed by atoms with Crippen LogP contribution in [0.4, 0.5) is 5.69 Å². The highest BCUT2D eigenvalue weighted by molar-refractivity contribution is 9.10. The molecule has 1 heterocycles. The van der Waals surface area contributed by atoms with Crippen molar-refractivity contribution in [3.8, 4) is 11.8 Å². The Balaban J connectivity index is 1.89. The van der Waals surface area contributed by atoms with Crippen molar-refractivity contribution in [2.24, 2.45) is 0 Å². The normalized spacial score (nSPS) is 9.60. The van der Waals surface area contributed by atoms with E-state index in [1.54, 1.807) is 42.7 Å². The molecule has 0 saturated heterocycles. The lowest BCUT2D eigenvalue weighted by molar-refractivity contribution is -0.118. The van der Waals surface area contributed by atoms with Gasteiger partial charge in [-0.2, -0.15) is 5.26 Å². The van der Waals surface area contributed by atoms with Crippen LogP contribution in [0, 0.1) is 11.3 Å². The van der Waals surface area contributed by atoms with Gasteiger partial charge in [-0.05, 0) is 46.3 Å². The number of anilines is 1. The maximum Gasteiger partial charge on any atom is 0.262 e. The standard InChI is InChI=1S/C14H10BrN3O2/c15-12-8-17-6-5-13(12)18-14(19)9-20-11-3-1-10(7-16)2-4-11/h1-6,8H,9H2,(H,17,18,19). The molecule has 2 aromatic rings. The molecule has 2 rings (SSSR count). The van der Waals surface area contributed by atoms with Gasteiger partial charge in [0.15, 0.2) is 6.61 Å². The molecule has 100 valence electrons. The molecule has 0 aliphatic heterocycles. The summed E-state index contributed by atoms with van der Waals surface area (Å²) in [6.07, 6.45) is 3.18. The molecule has 0 aliphatic rings. The Labute approximate surface area is 124 Å². The van der Waals surface area contributed by atoms with Crippen molar-refractivity contribution in [2.45, 2.75) is 0 Å². The number of benzene rings is 1. The van der Waals surface area contributed by atoms with Gasteiger partial charge in [0.05, 0.1) is 21.8 Å². The Hall–Kier alpha value is -2.39. The Kier molecular flexibility index (Phi) is 4.69. The number of hydrogen-bond donors (Lipinski definition) is 1. The second-order valence-corrected chi connectivity index (χ2v) is 4.68. The molecular formula is C14H10BrN3O2. The van der Waals surface area contributed by atoms with Crippen LogP contribution in [0.2, 0.25) is 0 Å². The number of nitriles is 1. The second-order valence-electron chi connectivity index (χ2n) is 3.83. The fourth-order valence-electron chi connectivity index (χ4n) is 1.44. The first kappa shape index (κ1) is 14.0. The summed E-state index contributed by atoms with van der Waals surface area (Å²) in [4.78, 5) is 15.6. The van der Waals surface area contributed by atoms with Gasteiger partial charge >= 0.3 is 0 Å². The first-order valence-electron chi connectivity index (χ1n) is 5.71. The lowest BCUT2D eigenvalue weighted by atomic mass is 10.2. The predicted molar refractivity (Wildman–Crippen MR) is 77.2 cm³/mol. The summed E-state index contributed by atoms with van der Waals surface area (Å²) in [7, 11) is 0. The maximum atomic E-state index is 11.7. The van der Waals surface area contributed by atoms with Crippen molar-refractivity contribution < 1.29 is 9.53 Å². The van der Waals surface area contributed by atoms with Crippen LogP contribution in [0.25, 0.3) is 0 Å². The number of rotatable bonds is 4. The molecule has 0 unspecified atom stereocenters. The van der Waals surface area contributed by atoms with Gasteiger partial charge in [-0.25, -0.2) is 0 Å². The molecule has 0 aliphatic carbocycles. The van der Waals surface area contributed by atoms with Crippen molar-refractivity contribution in [2.75, 3.05) is 11.9 Å². The number of nitrogens with zero attached hydrogens (tertiary/aromatic N) is 2. The number of carbonyl (C=O) groups excluding carboxylic acids is 1. The number of pyridine rings is 1. The van der Waals surface area contributed by atoms with Crippen molar-refractivity contribution in [1.29, 1.82) is 5.26 Å². The van der Waals surface area contributed by atoms with Crippen molar-refractivity contribution in [1.82, 2.24) is 4.98 Å². The van der Waals surface area contributed by atoms with E-state index < -0.39 is 0 Å². The zero-order valence-electron chi connectivity index (χ0n) is 10.3. The molecule has 0 spiro atoms. The summed E-state index contributed by atoms with van der Waals surface area (Å²) in [5.74, 6) is 0.259. The van der Waals surface area contributed by atoms with E-state index >= 15 is 0 Å². The van der Waals surface area contributed by atoms with Gasteiger partial charge in [-0.3, -0.25) is 9.78 Å². The number of carbonyl (C=O) groups is 1. The van der Waals surface area contributed by atoms with Crippen LogP contribution < -0.4 is 10.1 Å². The van der Waals surface area contributed by atoms with Gasteiger partial charge < -0.3 is 10.1 Å². The van der Waals surface area contributed by atoms with Crippen molar-refractivity contribution in [3.05, 3.63) is 52.8 Å². The predicted octanol–water partition coefficient (Wildman–Crippen LogP) is 2.73. The van der Waals surface area contributed by atoms with E-state index in [9.17, 15) is 4.79 Å². The lowest BCUT2D eigenvalue weighted by Crippen LogP contribution is -2.20. The smallest absolute Gasteiger partial charge is 0.262 e. The van der Waals surface area contributed by atoms with Crippen LogP contribution in [0.1, 0.15) is 5.56 Å². The van der Waals surface area contributed by atoms with Crippen molar-refractivity contribution in [3.63, 3.8) is 0 Å². The summed E-state index contributed by atoms with van der Waals surface area (Å²) in [6, 6.07) is 10.3. The number of hydrogen-bond acceptors (Lipinski definition) is 4. The SMILES string of the molecule is N#Cc1ccc(OCC(=O)Nc2ccncc2Br)cc1. The number of nitrogens with one attached hydrogen (secondary N) is 1. The van der Waals surface area contributed by atoms with Crippen LogP contribution in [0.3, 0.4) is 0 Å². The van der Waals surface area contributed by atoms with Gasteiger partial charge in [-0.1, -0.05) is 0 Å². The van der Waals surface area contributed by atoms with Crippen LogP contribution in [0.15, 0.2) is 47.2 Å². The Morgan fingerprint density at radius 1 is 1.35 bits per heavy atom. The van der Waals surface area contributed by atoms with Crippen LogP contribution >= 0.6 is 15.9 Å². The van der Waals surface area contributed by atoms with Gasteiger partial charge in [-0.15, -0.1) is 0 Å². The Morgan fingerprint density at radius 3 is 2.75 bits per heavy atom. The van der Waals surface area contributed by atoms with Gasteiger partial charge in [0.2, 0.25) is 0 Å². The van der Waals surface area contributed by atoms with Gasteiger partial charge in [0.25, 0.3) is 5.91 Å². The average Bonchev–Trinajstić information content (AvgIpc) is 2.48. The zero-order valence-corrected chi connectivity index (χ0v) is 11.9. The van der Waals surface area contributed by atoms with E-state index in [1.807, 2.05) is 6.07 Å². The van der Waals surface area contributed by atoms with E-state index in [2.05, 4.69) is 26.2 Å². The van der Waals surface area contributed by atoms with Gasteiger partial charge in [0.1, 0.15) is 5.75 Å². The topological polar surface area (TPSA) is 75.0 Å². The zero-order chi connectivity index (χ0) is 14.4. The summed E-state index contributed by atoms with van der Waals surface area (Å²) < 4.78 is 6.03. The monoisotopic (exact) mass is 331 g/mol. The van der Waals surface area contributed by atoms with E-state index in [4.69, 9.17) is 10.00 Å². The molecule has 6 heteroatoms. The molecular weight excluding hydrogens is 322 g/mol. The molecule has 1 amide bonds. The quantitative estimate of drug-likeness (QED) is 0.934. The molecule has 0 bridgehead atoms. The molecule has 20 heavy (non-hydrogen) atoms. The first-order valence-corrected chi connectivity index (χ1v) is 6.50. The fourth-order valence-corrected chi connectivity index (χ4v) is 1.79.